The summed E-state index contributed by atoms with van der Waals surface area (Å²) in [7, 11) is 6.85. The van der Waals surface area contributed by atoms with Crippen molar-refractivity contribution in [1.82, 2.24) is 0 Å². The number of rotatable bonds is 6. The van der Waals surface area contributed by atoms with Crippen molar-refractivity contribution in [3.05, 3.63) is 0 Å². The van der Waals surface area contributed by atoms with E-state index in [4.69, 9.17) is 0 Å². The van der Waals surface area contributed by atoms with E-state index in [1.807, 2.05) is 24.6 Å². The third-order valence-electron chi connectivity index (χ3n) is 4.28. The topological polar surface area (TPSA) is 54.4 Å². The van der Waals surface area contributed by atoms with Gasteiger partial charge < -0.3 is 5.11 Å². The molecule has 1 rings (SSSR count). The van der Waals surface area contributed by atoms with Crippen molar-refractivity contribution in [2.24, 2.45) is 11.8 Å². The molecular formula is C18H32O3S4. The molecule has 1 heterocycles. The number of ketones is 1. The first-order valence-electron chi connectivity index (χ1n) is 9.07. The van der Waals surface area contributed by atoms with Gasteiger partial charge in [0.15, 0.2) is 0 Å². The zero-order chi connectivity index (χ0) is 18.9. The second-order valence-corrected chi connectivity index (χ2v) is 13.3. The predicted octanol–water partition coefficient (Wildman–Crippen LogP) is 6.18. The summed E-state index contributed by atoms with van der Waals surface area (Å²) in [5, 5.41) is 9.92. The molecule has 2 unspecified atom stereocenters. The fourth-order valence-corrected chi connectivity index (χ4v) is 8.06. The molecule has 146 valence electrons. The second kappa shape index (κ2) is 12.1. The molecule has 1 aliphatic rings. The second-order valence-electron chi connectivity index (χ2n) is 7.55. The number of carboxylic acids is 1. The summed E-state index contributed by atoms with van der Waals surface area (Å²) in [6.07, 6.45) is 6.29. The summed E-state index contributed by atoms with van der Waals surface area (Å²) >= 11 is 0. The molecular weight excluding hydrogens is 392 g/mol. The molecule has 0 aromatic heterocycles. The van der Waals surface area contributed by atoms with Gasteiger partial charge >= 0.3 is 5.97 Å². The van der Waals surface area contributed by atoms with Crippen LogP contribution in [0.4, 0.5) is 0 Å². The maximum Gasteiger partial charge on any atom is 0.307 e. The highest BCUT2D eigenvalue weighted by molar-refractivity contribution is 8.77. The van der Waals surface area contributed by atoms with Crippen molar-refractivity contribution >= 4 is 54.9 Å². The Morgan fingerprint density at radius 3 is 2.64 bits per heavy atom. The quantitative estimate of drug-likeness (QED) is 0.404. The lowest BCUT2D eigenvalue weighted by atomic mass is 9.97. The molecule has 0 aromatic carbocycles. The van der Waals surface area contributed by atoms with Gasteiger partial charge in [-0.2, -0.15) is 0 Å². The summed E-state index contributed by atoms with van der Waals surface area (Å²) in [5.41, 5.74) is 0. The molecule has 7 heteroatoms. The first-order chi connectivity index (χ1) is 11.7. The maximum absolute atomic E-state index is 12.6. The largest absolute Gasteiger partial charge is 0.481 e. The average molecular weight is 425 g/mol. The molecule has 25 heavy (non-hydrogen) atoms. The van der Waals surface area contributed by atoms with E-state index in [0.717, 1.165) is 18.1 Å². The summed E-state index contributed by atoms with van der Waals surface area (Å²) in [6, 6.07) is 0. The van der Waals surface area contributed by atoms with Crippen LogP contribution in [-0.4, -0.2) is 38.4 Å². The Morgan fingerprint density at radius 1 is 1.28 bits per heavy atom. The standard InChI is InChI=1S/C18H32O3S4/c1-13(2)7-5-6-8-15-9-10-22-23-12-14(17(20)21)11-16(19)18(3,4)25-24-15/h13-15H,5-12H2,1-4H3,(H,20,21). The van der Waals surface area contributed by atoms with Crippen LogP contribution >= 0.6 is 43.2 Å². The van der Waals surface area contributed by atoms with Crippen molar-refractivity contribution < 1.29 is 14.7 Å². The van der Waals surface area contributed by atoms with Crippen molar-refractivity contribution in [1.29, 1.82) is 0 Å². The van der Waals surface area contributed by atoms with Crippen molar-refractivity contribution in [2.45, 2.75) is 76.2 Å². The van der Waals surface area contributed by atoms with Gasteiger partial charge in [0.25, 0.3) is 0 Å². The van der Waals surface area contributed by atoms with Gasteiger partial charge in [0.05, 0.1) is 10.7 Å². The molecule has 0 aliphatic carbocycles. The van der Waals surface area contributed by atoms with Crippen LogP contribution in [0.2, 0.25) is 0 Å². The molecule has 0 spiro atoms. The van der Waals surface area contributed by atoms with Gasteiger partial charge in [0.2, 0.25) is 0 Å². The number of hydrogen-bond donors (Lipinski definition) is 1. The Morgan fingerprint density at radius 2 is 2.00 bits per heavy atom. The minimum atomic E-state index is -0.852. The molecule has 1 saturated heterocycles. The molecule has 2 atom stereocenters. The van der Waals surface area contributed by atoms with E-state index in [0.29, 0.717) is 11.0 Å². The van der Waals surface area contributed by atoms with Gasteiger partial charge in [-0.15, -0.1) is 0 Å². The fraction of sp³-hybridized carbons (Fsp3) is 0.889. The number of carbonyl (C=O) groups excluding carboxylic acids is 1. The first kappa shape index (κ1) is 23.6. The maximum atomic E-state index is 12.6. The number of aliphatic carboxylic acids is 1. The van der Waals surface area contributed by atoms with Gasteiger partial charge in [0, 0.05) is 23.2 Å². The van der Waals surface area contributed by atoms with Gasteiger partial charge in [-0.05, 0) is 32.6 Å². The Kier molecular flexibility index (Phi) is 11.4. The molecule has 1 N–H and O–H groups in total. The van der Waals surface area contributed by atoms with E-state index in [1.54, 1.807) is 32.4 Å². The predicted molar refractivity (Wildman–Crippen MR) is 117 cm³/mol. The van der Waals surface area contributed by atoms with E-state index in [-0.39, 0.29) is 12.2 Å². The van der Waals surface area contributed by atoms with Gasteiger partial charge in [-0.3, -0.25) is 9.59 Å². The lowest BCUT2D eigenvalue weighted by Gasteiger charge is -2.27. The van der Waals surface area contributed by atoms with Crippen LogP contribution in [0, 0.1) is 11.8 Å². The zero-order valence-corrected chi connectivity index (χ0v) is 19.1. The van der Waals surface area contributed by atoms with E-state index >= 15 is 0 Å². The average Bonchev–Trinajstić information content (AvgIpc) is 2.52. The third-order valence-corrected chi connectivity index (χ3v) is 10.6. The van der Waals surface area contributed by atoms with E-state index < -0.39 is 16.6 Å². The molecule has 0 aromatic rings. The van der Waals surface area contributed by atoms with Crippen LogP contribution in [0.1, 0.15) is 66.2 Å². The Balaban J connectivity index is 2.61. The van der Waals surface area contributed by atoms with Gasteiger partial charge in [-0.1, -0.05) is 76.3 Å². The molecule has 0 radical (unpaired) electrons. The Labute approximate surface area is 168 Å². The monoisotopic (exact) mass is 424 g/mol. The molecule has 1 fully saturated rings. The highest BCUT2D eigenvalue weighted by Crippen LogP contribution is 2.44. The minimum Gasteiger partial charge on any atom is -0.481 e. The minimum absolute atomic E-state index is 0.0575. The molecule has 3 nitrogen and oxygen atoms in total. The fourth-order valence-electron chi connectivity index (χ4n) is 2.46. The van der Waals surface area contributed by atoms with Crippen molar-refractivity contribution in [3.63, 3.8) is 0 Å². The number of carboxylic acid groups (broad SMARTS) is 1. The van der Waals surface area contributed by atoms with Crippen LogP contribution in [-0.2, 0) is 9.59 Å². The molecule has 0 amide bonds. The summed E-state index contributed by atoms with van der Waals surface area (Å²) in [4.78, 5) is 24.0. The van der Waals surface area contributed by atoms with Crippen molar-refractivity contribution in [3.8, 4) is 0 Å². The lowest BCUT2D eigenvalue weighted by Crippen LogP contribution is -2.32. The SMILES string of the molecule is CC(C)CCCCC1CCSSCC(C(=O)O)CC(=O)C(C)(C)SS1. The summed E-state index contributed by atoms with van der Waals surface area (Å²) < 4.78 is -0.522. The van der Waals surface area contributed by atoms with Crippen LogP contribution in [0.3, 0.4) is 0 Å². The number of unbranched alkanes of at least 4 members (excludes halogenated alkanes) is 1. The summed E-state index contributed by atoms with van der Waals surface area (Å²) in [6.45, 7) is 8.42. The van der Waals surface area contributed by atoms with Crippen LogP contribution in [0.25, 0.3) is 0 Å². The highest BCUT2D eigenvalue weighted by Gasteiger charge is 2.34. The van der Waals surface area contributed by atoms with E-state index in [9.17, 15) is 14.7 Å². The lowest BCUT2D eigenvalue weighted by molar-refractivity contribution is -0.143. The molecule has 0 saturated carbocycles. The van der Waals surface area contributed by atoms with Gasteiger partial charge in [-0.25, -0.2) is 0 Å². The molecule has 0 bridgehead atoms. The van der Waals surface area contributed by atoms with E-state index in [1.165, 1.54) is 25.7 Å². The number of carbonyl (C=O) groups is 2. The normalized spacial score (nSPS) is 26.0. The third kappa shape index (κ3) is 9.87. The number of hydrogen-bond acceptors (Lipinski definition) is 6. The van der Waals surface area contributed by atoms with Crippen LogP contribution in [0.15, 0.2) is 0 Å². The first-order valence-corrected chi connectivity index (χ1v) is 13.8. The van der Waals surface area contributed by atoms with Crippen molar-refractivity contribution in [2.75, 3.05) is 11.5 Å². The van der Waals surface area contributed by atoms with Crippen LogP contribution < -0.4 is 0 Å². The number of Topliss-reactive ketones (excluding diaryl/α,β-unsaturated/α-hetero) is 1. The van der Waals surface area contributed by atoms with Gasteiger partial charge in [0.1, 0.15) is 5.78 Å². The summed E-state index contributed by atoms with van der Waals surface area (Å²) in [5.74, 6) is 0.967. The zero-order valence-electron chi connectivity index (χ0n) is 15.8. The molecule has 1 aliphatic heterocycles. The van der Waals surface area contributed by atoms with E-state index in [2.05, 4.69) is 13.8 Å². The highest BCUT2D eigenvalue weighted by atomic mass is 33.1. The Bertz CT molecular complexity index is 427. The smallest absolute Gasteiger partial charge is 0.307 e. The Hall–Kier alpha value is 0.540. The van der Waals surface area contributed by atoms with Crippen LogP contribution in [0.5, 0.6) is 0 Å².